The molecule has 0 unspecified atom stereocenters. The maximum Gasteiger partial charge on any atom is 0.279 e. The van der Waals surface area contributed by atoms with Gasteiger partial charge in [-0.15, -0.1) is 0 Å². The van der Waals surface area contributed by atoms with Crippen molar-refractivity contribution in [2.75, 3.05) is 25.6 Å². The van der Waals surface area contributed by atoms with Gasteiger partial charge in [0.05, 0.1) is 36.9 Å². The number of halogens is 1. The number of hydrogen-bond donors (Lipinski definition) is 0. The Labute approximate surface area is 185 Å². The molecule has 9 heteroatoms. The van der Waals surface area contributed by atoms with Crippen molar-refractivity contribution >= 4 is 33.2 Å². The maximum absolute atomic E-state index is 13.7. The SMILES string of the molecule is COc1ccc(N(C(=O)c2c(OC)cccc2OC)S(=O)(=O)c2ccccc2)cc1Cl. The first-order valence-corrected chi connectivity index (χ1v) is 10.9. The highest BCUT2D eigenvalue weighted by Gasteiger charge is 2.35. The van der Waals surface area contributed by atoms with Crippen molar-refractivity contribution in [2.45, 2.75) is 4.90 Å². The van der Waals surface area contributed by atoms with Gasteiger partial charge in [-0.2, -0.15) is 4.31 Å². The van der Waals surface area contributed by atoms with Crippen LogP contribution in [0, 0.1) is 0 Å². The largest absolute Gasteiger partial charge is 0.496 e. The number of carbonyl (C=O) groups excluding carboxylic acids is 1. The van der Waals surface area contributed by atoms with Crippen LogP contribution in [-0.4, -0.2) is 35.7 Å². The van der Waals surface area contributed by atoms with Gasteiger partial charge in [0.25, 0.3) is 15.9 Å². The molecule has 0 aliphatic heterocycles. The average molecular weight is 462 g/mol. The van der Waals surface area contributed by atoms with E-state index in [1.165, 1.54) is 51.7 Å². The maximum atomic E-state index is 13.7. The predicted octanol–water partition coefficient (Wildman–Crippen LogP) is 4.40. The molecule has 3 aromatic carbocycles. The minimum absolute atomic E-state index is 0.0348. The molecule has 0 saturated carbocycles. The quantitative estimate of drug-likeness (QED) is 0.518. The topological polar surface area (TPSA) is 82.1 Å². The monoisotopic (exact) mass is 461 g/mol. The van der Waals surface area contributed by atoms with Gasteiger partial charge in [-0.25, -0.2) is 8.42 Å². The summed E-state index contributed by atoms with van der Waals surface area (Å²) in [5.74, 6) is -0.196. The normalized spacial score (nSPS) is 11.0. The van der Waals surface area contributed by atoms with Crippen LogP contribution in [0.5, 0.6) is 17.2 Å². The van der Waals surface area contributed by atoms with E-state index in [4.69, 9.17) is 25.8 Å². The fraction of sp³-hybridized carbons (Fsp3) is 0.136. The predicted molar refractivity (Wildman–Crippen MR) is 118 cm³/mol. The molecule has 0 atom stereocenters. The van der Waals surface area contributed by atoms with Crippen LogP contribution in [0.3, 0.4) is 0 Å². The summed E-state index contributed by atoms with van der Waals surface area (Å²) in [6.07, 6.45) is 0. The molecule has 162 valence electrons. The first-order chi connectivity index (χ1) is 14.8. The lowest BCUT2D eigenvalue weighted by Gasteiger charge is -2.25. The van der Waals surface area contributed by atoms with Gasteiger partial charge in [0.2, 0.25) is 0 Å². The minimum atomic E-state index is -4.31. The first kappa shape index (κ1) is 22.5. The molecule has 0 aliphatic rings. The van der Waals surface area contributed by atoms with Crippen LogP contribution in [0.4, 0.5) is 5.69 Å². The number of sulfonamides is 1. The lowest BCUT2D eigenvalue weighted by Crippen LogP contribution is -2.37. The van der Waals surface area contributed by atoms with Crippen molar-refractivity contribution in [1.82, 2.24) is 0 Å². The molecule has 0 radical (unpaired) electrons. The molecule has 0 N–H and O–H groups in total. The molecule has 3 aromatic rings. The van der Waals surface area contributed by atoms with Crippen LogP contribution in [0.2, 0.25) is 5.02 Å². The molecule has 0 fully saturated rings. The Bertz CT molecular complexity index is 1180. The van der Waals surface area contributed by atoms with Gasteiger partial charge in [-0.05, 0) is 42.5 Å². The van der Waals surface area contributed by atoms with E-state index in [-0.39, 0.29) is 32.7 Å². The number of nitrogens with zero attached hydrogens (tertiary/aromatic N) is 1. The number of rotatable bonds is 7. The van der Waals surface area contributed by atoms with Crippen LogP contribution >= 0.6 is 11.6 Å². The highest BCUT2D eigenvalue weighted by atomic mass is 35.5. The Morgan fingerprint density at radius 1 is 0.806 bits per heavy atom. The van der Waals surface area contributed by atoms with Crippen LogP contribution in [0.25, 0.3) is 0 Å². The zero-order valence-corrected chi connectivity index (χ0v) is 18.6. The number of anilines is 1. The first-order valence-electron chi connectivity index (χ1n) is 9.04. The summed E-state index contributed by atoms with van der Waals surface area (Å²) in [7, 11) is -0.118. The van der Waals surface area contributed by atoms with Crippen LogP contribution < -0.4 is 18.5 Å². The number of benzene rings is 3. The minimum Gasteiger partial charge on any atom is -0.496 e. The average Bonchev–Trinajstić information content (AvgIpc) is 2.79. The van der Waals surface area contributed by atoms with Gasteiger partial charge in [0.15, 0.2) is 0 Å². The summed E-state index contributed by atoms with van der Waals surface area (Å²) in [6.45, 7) is 0. The molecule has 0 aliphatic carbocycles. The summed E-state index contributed by atoms with van der Waals surface area (Å²) in [6, 6.07) is 16.6. The number of carbonyl (C=O) groups is 1. The Kier molecular flexibility index (Phi) is 6.72. The number of ether oxygens (including phenoxy) is 3. The smallest absolute Gasteiger partial charge is 0.279 e. The zero-order valence-electron chi connectivity index (χ0n) is 17.0. The Morgan fingerprint density at radius 2 is 1.39 bits per heavy atom. The van der Waals surface area contributed by atoms with E-state index in [1.807, 2.05) is 0 Å². The Hall–Kier alpha value is -3.23. The van der Waals surface area contributed by atoms with Crippen LogP contribution in [0.1, 0.15) is 10.4 Å². The third kappa shape index (κ3) is 4.30. The van der Waals surface area contributed by atoms with Gasteiger partial charge < -0.3 is 14.2 Å². The molecule has 0 heterocycles. The third-order valence-corrected chi connectivity index (χ3v) is 6.50. The highest BCUT2D eigenvalue weighted by molar-refractivity contribution is 7.93. The van der Waals surface area contributed by atoms with Crippen LogP contribution in [-0.2, 0) is 10.0 Å². The van der Waals surface area contributed by atoms with E-state index in [0.29, 0.717) is 10.1 Å². The molecule has 1 amide bonds. The van der Waals surface area contributed by atoms with Crippen molar-refractivity contribution in [3.8, 4) is 17.2 Å². The fourth-order valence-electron chi connectivity index (χ4n) is 3.01. The summed E-state index contributed by atoms with van der Waals surface area (Å²) in [4.78, 5) is 13.6. The molecule has 3 rings (SSSR count). The zero-order chi connectivity index (χ0) is 22.6. The van der Waals surface area contributed by atoms with Gasteiger partial charge >= 0.3 is 0 Å². The Morgan fingerprint density at radius 3 is 1.90 bits per heavy atom. The fourth-order valence-corrected chi connectivity index (χ4v) is 4.67. The second-order valence-corrected chi connectivity index (χ2v) is 8.44. The van der Waals surface area contributed by atoms with Gasteiger partial charge in [0.1, 0.15) is 22.8 Å². The van der Waals surface area contributed by atoms with Crippen LogP contribution in [0.15, 0.2) is 71.6 Å². The van der Waals surface area contributed by atoms with E-state index in [9.17, 15) is 13.2 Å². The van der Waals surface area contributed by atoms with E-state index < -0.39 is 15.9 Å². The van der Waals surface area contributed by atoms with Gasteiger partial charge in [-0.1, -0.05) is 35.9 Å². The number of methoxy groups -OCH3 is 3. The Balaban J connectivity index is 2.28. The van der Waals surface area contributed by atoms with Gasteiger partial charge in [0, 0.05) is 0 Å². The third-order valence-electron chi connectivity index (χ3n) is 4.48. The molecule has 31 heavy (non-hydrogen) atoms. The number of hydrogen-bond acceptors (Lipinski definition) is 6. The van der Waals surface area contributed by atoms with E-state index in [1.54, 1.807) is 36.4 Å². The van der Waals surface area contributed by atoms with E-state index >= 15 is 0 Å². The van der Waals surface area contributed by atoms with E-state index in [2.05, 4.69) is 0 Å². The van der Waals surface area contributed by atoms with Gasteiger partial charge in [-0.3, -0.25) is 4.79 Å². The second kappa shape index (κ2) is 9.28. The van der Waals surface area contributed by atoms with Crippen molar-refractivity contribution in [3.63, 3.8) is 0 Å². The summed E-state index contributed by atoms with van der Waals surface area (Å²) >= 11 is 6.23. The second-order valence-electron chi connectivity index (χ2n) is 6.24. The van der Waals surface area contributed by atoms with Crippen molar-refractivity contribution in [3.05, 3.63) is 77.3 Å². The molecular formula is C22H20ClNO6S. The molecule has 0 aromatic heterocycles. The molecule has 0 spiro atoms. The summed E-state index contributed by atoms with van der Waals surface area (Å²) in [5, 5.41) is 0.146. The van der Waals surface area contributed by atoms with Crippen molar-refractivity contribution < 1.29 is 27.4 Å². The summed E-state index contributed by atoms with van der Waals surface area (Å²) in [5.41, 5.74) is -0.00782. The molecule has 0 bridgehead atoms. The van der Waals surface area contributed by atoms with E-state index in [0.717, 1.165) is 0 Å². The standard InChI is InChI=1S/C22H20ClNO6S/c1-28-18-13-12-15(14-17(18)23)24(31(26,27)16-8-5-4-6-9-16)22(25)21-19(29-2)10-7-11-20(21)30-3/h4-14H,1-3H3. The molecule has 7 nitrogen and oxygen atoms in total. The molecular weight excluding hydrogens is 442 g/mol. The highest BCUT2D eigenvalue weighted by Crippen LogP contribution is 2.36. The molecule has 0 saturated heterocycles. The lowest BCUT2D eigenvalue weighted by molar-refractivity contribution is 0.0999. The van der Waals surface area contributed by atoms with Crippen molar-refractivity contribution in [1.29, 1.82) is 0 Å². The lowest BCUT2D eigenvalue weighted by atomic mass is 10.1. The number of amides is 1. The summed E-state index contributed by atoms with van der Waals surface area (Å²) < 4.78 is 43.6. The van der Waals surface area contributed by atoms with Crippen molar-refractivity contribution in [2.24, 2.45) is 0 Å².